The summed E-state index contributed by atoms with van der Waals surface area (Å²) in [4.78, 5) is 31.5. The summed E-state index contributed by atoms with van der Waals surface area (Å²) in [7, 11) is 0. The van der Waals surface area contributed by atoms with Crippen LogP contribution in [0.3, 0.4) is 0 Å². The van der Waals surface area contributed by atoms with E-state index in [1.54, 1.807) is 56.6 Å². The molecule has 1 amide bonds. The molecule has 7 nitrogen and oxygen atoms in total. The van der Waals surface area contributed by atoms with Gasteiger partial charge in [-0.1, -0.05) is 29.8 Å². The number of H-pyrrole nitrogens is 1. The Morgan fingerprint density at radius 2 is 2.03 bits per heavy atom. The molecule has 3 heterocycles. The number of aromatic nitrogens is 3. The van der Waals surface area contributed by atoms with Gasteiger partial charge in [0.25, 0.3) is 11.7 Å². The van der Waals surface area contributed by atoms with E-state index < -0.39 is 17.7 Å². The van der Waals surface area contributed by atoms with E-state index in [2.05, 4.69) is 15.2 Å². The Balaban J connectivity index is 1.91. The lowest BCUT2D eigenvalue weighted by Gasteiger charge is -2.25. The summed E-state index contributed by atoms with van der Waals surface area (Å²) >= 11 is 6.19. The minimum Gasteiger partial charge on any atom is -0.507 e. The predicted molar refractivity (Wildman–Crippen MR) is 112 cm³/mol. The number of aliphatic hydroxyl groups excluding tert-OH is 1. The second kappa shape index (κ2) is 7.76. The molecule has 0 bridgehead atoms. The van der Waals surface area contributed by atoms with Crippen LogP contribution in [-0.4, -0.2) is 36.9 Å². The second-order valence-corrected chi connectivity index (χ2v) is 7.59. The molecule has 0 aliphatic carbocycles. The van der Waals surface area contributed by atoms with Gasteiger partial charge in [-0.2, -0.15) is 5.10 Å². The normalized spacial score (nSPS) is 18.2. The number of nitrogens with one attached hydrogen (secondary N) is 1. The number of carbonyl (C=O) groups excluding carboxylic acids is 2. The highest BCUT2D eigenvalue weighted by Crippen LogP contribution is 2.41. The Hall–Kier alpha value is -3.45. The van der Waals surface area contributed by atoms with Crippen LogP contribution in [0.25, 0.3) is 5.76 Å². The summed E-state index contributed by atoms with van der Waals surface area (Å²) in [5, 5.41) is 18.5. The minimum atomic E-state index is -0.794. The summed E-state index contributed by atoms with van der Waals surface area (Å²) in [6, 6.07) is 9.72. The predicted octanol–water partition coefficient (Wildman–Crippen LogP) is 3.70. The average Bonchev–Trinajstić information content (AvgIpc) is 3.19. The summed E-state index contributed by atoms with van der Waals surface area (Å²) in [6.07, 6.45) is 3.27. The van der Waals surface area contributed by atoms with Gasteiger partial charge < -0.3 is 10.0 Å². The van der Waals surface area contributed by atoms with Crippen LogP contribution in [0, 0.1) is 13.8 Å². The van der Waals surface area contributed by atoms with Crippen LogP contribution in [0.5, 0.6) is 0 Å². The molecule has 4 rings (SSSR count). The van der Waals surface area contributed by atoms with Gasteiger partial charge in [0.05, 0.1) is 22.9 Å². The lowest BCUT2D eigenvalue weighted by atomic mass is 9.94. The number of aliphatic hydroxyl groups is 1. The van der Waals surface area contributed by atoms with Gasteiger partial charge in [0, 0.05) is 29.7 Å². The van der Waals surface area contributed by atoms with E-state index in [4.69, 9.17) is 11.6 Å². The summed E-state index contributed by atoms with van der Waals surface area (Å²) < 4.78 is 0. The topological polar surface area (TPSA) is 99.2 Å². The van der Waals surface area contributed by atoms with Crippen molar-refractivity contribution in [3.8, 4) is 0 Å². The zero-order chi connectivity index (χ0) is 21.4. The van der Waals surface area contributed by atoms with Crippen LogP contribution in [-0.2, 0) is 16.1 Å². The van der Waals surface area contributed by atoms with E-state index >= 15 is 0 Å². The van der Waals surface area contributed by atoms with Gasteiger partial charge in [0.2, 0.25) is 0 Å². The molecule has 8 heteroatoms. The van der Waals surface area contributed by atoms with Crippen molar-refractivity contribution < 1.29 is 14.7 Å². The molecule has 1 aromatic carbocycles. The molecule has 1 unspecified atom stereocenters. The van der Waals surface area contributed by atoms with Gasteiger partial charge in [-0.05, 0) is 43.2 Å². The second-order valence-electron chi connectivity index (χ2n) is 7.15. The zero-order valence-corrected chi connectivity index (χ0v) is 17.1. The van der Waals surface area contributed by atoms with E-state index in [-0.39, 0.29) is 17.9 Å². The number of aryl methyl sites for hydroxylation is 2. The number of carbonyl (C=O) groups is 2. The molecule has 3 aromatic rings. The van der Waals surface area contributed by atoms with Crippen LogP contribution in [0.2, 0.25) is 5.02 Å². The van der Waals surface area contributed by atoms with E-state index in [0.29, 0.717) is 27.5 Å². The van der Waals surface area contributed by atoms with Crippen LogP contribution in [0.4, 0.5) is 0 Å². The number of pyridine rings is 1. The monoisotopic (exact) mass is 422 g/mol. The smallest absolute Gasteiger partial charge is 0.295 e. The number of halogens is 1. The van der Waals surface area contributed by atoms with Crippen molar-refractivity contribution in [2.24, 2.45) is 0 Å². The van der Waals surface area contributed by atoms with Crippen LogP contribution in [0.1, 0.15) is 34.1 Å². The Bertz CT molecular complexity index is 1150. The first-order chi connectivity index (χ1) is 14.4. The molecule has 1 fully saturated rings. The zero-order valence-electron chi connectivity index (χ0n) is 16.4. The van der Waals surface area contributed by atoms with Gasteiger partial charge >= 0.3 is 0 Å². The van der Waals surface area contributed by atoms with Crippen molar-refractivity contribution in [3.05, 3.63) is 87.5 Å². The molecule has 1 atom stereocenters. The lowest BCUT2D eigenvalue weighted by molar-refractivity contribution is -0.140. The third kappa shape index (κ3) is 3.37. The van der Waals surface area contributed by atoms with E-state index in [0.717, 1.165) is 5.56 Å². The average molecular weight is 423 g/mol. The number of likely N-dealkylation sites (tertiary alicyclic amines) is 1. The van der Waals surface area contributed by atoms with Crippen molar-refractivity contribution in [1.82, 2.24) is 20.1 Å². The number of ketones is 1. The quantitative estimate of drug-likeness (QED) is 0.379. The van der Waals surface area contributed by atoms with Crippen molar-refractivity contribution >= 4 is 29.1 Å². The molecule has 30 heavy (non-hydrogen) atoms. The Morgan fingerprint density at radius 1 is 1.23 bits per heavy atom. The van der Waals surface area contributed by atoms with Gasteiger partial charge in [0.1, 0.15) is 5.76 Å². The molecule has 1 aliphatic heterocycles. The molecule has 1 saturated heterocycles. The molecule has 0 radical (unpaired) electrons. The van der Waals surface area contributed by atoms with Crippen LogP contribution in [0.15, 0.2) is 54.4 Å². The standard InChI is InChI=1S/C22H19ClN4O3/c1-12-17(13(2)26-25-12)20(28)18-19(15-6-3-7-16(23)9-15)27(22(30)21(18)29)11-14-5-4-8-24-10-14/h3-10,19,28H,11H2,1-2H3,(H,25,26). The molecule has 0 saturated carbocycles. The highest BCUT2D eigenvalue weighted by molar-refractivity contribution is 6.46. The van der Waals surface area contributed by atoms with E-state index in [9.17, 15) is 14.7 Å². The molecule has 2 N–H and O–H groups in total. The summed E-state index contributed by atoms with van der Waals surface area (Å²) in [5.74, 6) is -1.69. The fourth-order valence-electron chi connectivity index (χ4n) is 3.79. The minimum absolute atomic E-state index is 0.0127. The number of hydrogen-bond donors (Lipinski definition) is 2. The number of benzene rings is 1. The van der Waals surface area contributed by atoms with Crippen LogP contribution < -0.4 is 0 Å². The van der Waals surface area contributed by atoms with Gasteiger partial charge in [0.15, 0.2) is 0 Å². The largest absolute Gasteiger partial charge is 0.507 e. The third-order valence-corrected chi connectivity index (χ3v) is 5.38. The number of nitrogens with zero attached hydrogens (tertiary/aromatic N) is 3. The van der Waals surface area contributed by atoms with Gasteiger partial charge in [-0.3, -0.25) is 19.7 Å². The Kier molecular flexibility index (Phi) is 5.13. The number of Topliss-reactive ketones (excluding diaryl/α,β-unsaturated/α-hetero) is 1. The maximum atomic E-state index is 13.0. The Labute approximate surface area is 178 Å². The highest BCUT2D eigenvalue weighted by atomic mass is 35.5. The fraction of sp³-hybridized carbons (Fsp3) is 0.182. The van der Waals surface area contributed by atoms with Crippen LogP contribution >= 0.6 is 11.6 Å². The van der Waals surface area contributed by atoms with Gasteiger partial charge in [-0.25, -0.2) is 0 Å². The number of aromatic amines is 1. The third-order valence-electron chi connectivity index (χ3n) is 5.15. The van der Waals surface area contributed by atoms with Crippen molar-refractivity contribution in [1.29, 1.82) is 0 Å². The van der Waals surface area contributed by atoms with Gasteiger partial charge in [-0.15, -0.1) is 0 Å². The molecule has 2 aromatic heterocycles. The first kappa shape index (κ1) is 19.8. The summed E-state index contributed by atoms with van der Waals surface area (Å²) in [5.41, 5.74) is 2.97. The van der Waals surface area contributed by atoms with E-state index in [1.165, 1.54) is 4.90 Å². The van der Waals surface area contributed by atoms with Crippen molar-refractivity contribution in [2.75, 3.05) is 0 Å². The number of hydrogen-bond acceptors (Lipinski definition) is 5. The first-order valence-corrected chi connectivity index (χ1v) is 9.71. The van der Waals surface area contributed by atoms with E-state index in [1.807, 2.05) is 6.07 Å². The Morgan fingerprint density at radius 3 is 2.67 bits per heavy atom. The lowest BCUT2D eigenvalue weighted by Crippen LogP contribution is -2.29. The summed E-state index contributed by atoms with van der Waals surface area (Å²) in [6.45, 7) is 3.63. The van der Waals surface area contributed by atoms with Crippen molar-refractivity contribution in [3.63, 3.8) is 0 Å². The SMILES string of the molecule is Cc1n[nH]c(C)c1C(O)=C1C(=O)C(=O)N(Cc2cccnc2)C1c1cccc(Cl)c1. The fourth-order valence-corrected chi connectivity index (χ4v) is 3.99. The first-order valence-electron chi connectivity index (χ1n) is 9.33. The maximum Gasteiger partial charge on any atom is 0.295 e. The molecule has 0 spiro atoms. The molecular formula is C22H19ClN4O3. The molecular weight excluding hydrogens is 404 g/mol. The number of rotatable bonds is 4. The number of amides is 1. The van der Waals surface area contributed by atoms with Crippen molar-refractivity contribution in [2.45, 2.75) is 26.4 Å². The maximum absolute atomic E-state index is 13.0. The molecule has 1 aliphatic rings. The molecule has 152 valence electrons. The highest BCUT2D eigenvalue weighted by Gasteiger charge is 2.46.